The lowest BCUT2D eigenvalue weighted by atomic mass is 10.1. The van der Waals surface area contributed by atoms with Gasteiger partial charge in [0.25, 0.3) is 0 Å². The molecule has 0 heterocycles. The van der Waals surface area contributed by atoms with Gasteiger partial charge >= 0.3 is 0 Å². The normalized spacial score (nSPS) is 12.5. The van der Waals surface area contributed by atoms with E-state index in [4.69, 9.17) is 9.47 Å². The van der Waals surface area contributed by atoms with Gasteiger partial charge in [0.1, 0.15) is 6.04 Å². The highest BCUT2D eigenvalue weighted by molar-refractivity contribution is 5.87. The predicted octanol–water partition coefficient (Wildman–Crippen LogP) is 4.75. The summed E-state index contributed by atoms with van der Waals surface area (Å²) in [4.78, 5) is 27.8. The quantitative estimate of drug-likeness (QED) is 0.474. The van der Waals surface area contributed by atoms with Crippen molar-refractivity contribution in [2.24, 2.45) is 0 Å². The number of carbonyl (C=O) groups is 2. The molecule has 6 nitrogen and oxygen atoms in total. The molecule has 0 saturated heterocycles. The Balaban J connectivity index is 2.15. The predicted molar refractivity (Wildman–Crippen MR) is 131 cm³/mol. The average Bonchev–Trinajstić information content (AvgIpc) is 2.82. The zero-order valence-corrected chi connectivity index (χ0v) is 20.6. The van der Waals surface area contributed by atoms with Gasteiger partial charge in [-0.25, -0.2) is 0 Å². The van der Waals surface area contributed by atoms with Gasteiger partial charge in [-0.2, -0.15) is 0 Å². The molecule has 0 fully saturated rings. The molecule has 33 heavy (non-hydrogen) atoms. The highest BCUT2D eigenvalue weighted by atomic mass is 16.5. The summed E-state index contributed by atoms with van der Waals surface area (Å²) < 4.78 is 11.3. The molecule has 0 aliphatic heterocycles. The molecule has 0 aliphatic carbocycles. The van der Waals surface area contributed by atoms with Crippen LogP contribution in [0.5, 0.6) is 11.5 Å². The Morgan fingerprint density at radius 3 is 2.21 bits per heavy atom. The van der Waals surface area contributed by atoms with Gasteiger partial charge < -0.3 is 19.7 Å². The van der Waals surface area contributed by atoms with Crippen molar-refractivity contribution in [3.05, 3.63) is 59.7 Å². The van der Waals surface area contributed by atoms with Gasteiger partial charge in [0, 0.05) is 19.0 Å². The second kappa shape index (κ2) is 13.5. The van der Waals surface area contributed by atoms with E-state index in [2.05, 4.69) is 5.32 Å². The highest BCUT2D eigenvalue weighted by Gasteiger charge is 2.26. The molecule has 0 aliphatic rings. The Morgan fingerprint density at radius 2 is 1.58 bits per heavy atom. The van der Waals surface area contributed by atoms with E-state index in [0.29, 0.717) is 44.1 Å². The second-order valence-corrected chi connectivity index (χ2v) is 8.15. The first-order chi connectivity index (χ1) is 15.9. The summed E-state index contributed by atoms with van der Waals surface area (Å²) in [6.07, 6.45) is 1.69. The topological polar surface area (TPSA) is 67.9 Å². The molecule has 2 amide bonds. The summed E-state index contributed by atoms with van der Waals surface area (Å²) in [5.41, 5.74) is 1.99. The lowest BCUT2D eigenvalue weighted by Gasteiger charge is -2.30. The van der Waals surface area contributed by atoms with Crippen LogP contribution in [0.2, 0.25) is 0 Å². The number of hydrogen-bond acceptors (Lipinski definition) is 4. The number of nitrogens with one attached hydrogen (secondary N) is 1. The van der Waals surface area contributed by atoms with E-state index in [-0.39, 0.29) is 17.9 Å². The zero-order chi connectivity index (χ0) is 24.2. The van der Waals surface area contributed by atoms with Gasteiger partial charge in [0.15, 0.2) is 11.5 Å². The van der Waals surface area contributed by atoms with Gasteiger partial charge in [-0.1, -0.05) is 43.3 Å². The lowest BCUT2D eigenvalue weighted by Crippen LogP contribution is -2.49. The molecule has 0 bridgehead atoms. The minimum Gasteiger partial charge on any atom is -0.490 e. The van der Waals surface area contributed by atoms with E-state index in [1.54, 1.807) is 11.8 Å². The molecule has 6 heteroatoms. The van der Waals surface area contributed by atoms with Crippen LogP contribution in [0.3, 0.4) is 0 Å². The molecule has 0 saturated carbocycles. The lowest BCUT2D eigenvalue weighted by molar-refractivity contribution is -0.140. The van der Waals surface area contributed by atoms with Crippen molar-refractivity contribution < 1.29 is 19.1 Å². The third-order valence-corrected chi connectivity index (χ3v) is 5.60. The molecule has 0 aromatic heterocycles. The van der Waals surface area contributed by atoms with Crippen molar-refractivity contribution in [2.75, 3.05) is 13.2 Å². The highest BCUT2D eigenvalue weighted by Crippen LogP contribution is 2.29. The molecule has 2 atom stereocenters. The molecular weight excluding hydrogens is 416 g/mol. The summed E-state index contributed by atoms with van der Waals surface area (Å²) in [7, 11) is 0. The minimum atomic E-state index is -0.564. The summed E-state index contributed by atoms with van der Waals surface area (Å²) in [5, 5.41) is 3.00. The molecule has 1 N–H and O–H groups in total. The monoisotopic (exact) mass is 454 g/mol. The first kappa shape index (κ1) is 26.2. The van der Waals surface area contributed by atoms with Crippen molar-refractivity contribution in [2.45, 2.75) is 72.5 Å². The van der Waals surface area contributed by atoms with E-state index < -0.39 is 6.04 Å². The molecular formula is C27H38N2O4. The van der Waals surface area contributed by atoms with Gasteiger partial charge in [-0.3, -0.25) is 9.59 Å². The first-order valence-electron chi connectivity index (χ1n) is 11.9. The maximum absolute atomic E-state index is 13.3. The summed E-state index contributed by atoms with van der Waals surface area (Å²) in [6, 6.07) is 15.0. The van der Waals surface area contributed by atoms with Crippen LogP contribution in [-0.2, 0) is 22.6 Å². The Hall–Kier alpha value is -3.02. The maximum atomic E-state index is 13.3. The summed E-state index contributed by atoms with van der Waals surface area (Å²) in [5.74, 6) is 1.20. The number of benzene rings is 2. The molecule has 0 spiro atoms. The van der Waals surface area contributed by atoms with Crippen LogP contribution in [0, 0.1) is 0 Å². The number of carbonyl (C=O) groups excluding carboxylic acids is 2. The Morgan fingerprint density at radius 1 is 0.909 bits per heavy atom. The van der Waals surface area contributed by atoms with Crippen molar-refractivity contribution in [1.82, 2.24) is 10.2 Å². The van der Waals surface area contributed by atoms with Gasteiger partial charge in [-0.15, -0.1) is 0 Å². The summed E-state index contributed by atoms with van der Waals surface area (Å²) >= 11 is 0. The van der Waals surface area contributed by atoms with Gasteiger partial charge in [-0.05, 0) is 63.8 Å². The number of ether oxygens (including phenoxy) is 2. The number of aryl methyl sites for hydroxylation is 1. The van der Waals surface area contributed by atoms with E-state index in [0.717, 1.165) is 17.5 Å². The minimum absolute atomic E-state index is 0.0579. The van der Waals surface area contributed by atoms with Crippen LogP contribution in [0.25, 0.3) is 0 Å². The number of amides is 2. The Bertz CT molecular complexity index is 885. The van der Waals surface area contributed by atoms with Crippen LogP contribution in [-0.4, -0.2) is 42.0 Å². The van der Waals surface area contributed by atoms with Gasteiger partial charge in [0.2, 0.25) is 11.8 Å². The van der Waals surface area contributed by atoms with E-state index >= 15 is 0 Å². The third-order valence-electron chi connectivity index (χ3n) is 5.60. The molecule has 0 radical (unpaired) electrons. The average molecular weight is 455 g/mol. The van der Waals surface area contributed by atoms with Crippen LogP contribution >= 0.6 is 0 Å². The third kappa shape index (κ3) is 8.12. The SMILES string of the molecule is CCOc1ccc(CCC(=O)N(Cc2ccccc2)[C@@H](C)C(=O)N[C@H](C)CC)cc1OCC. The van der Waals surface area contributed by atoms with Crippen molar-refractivity contribution in [1.29, 1.82) is 0 Å². The van der Waals surface area contributed by atoms with Crippen LogP contribution in [0.4, 0.5) is 0 Å². The van der Waals surface area contributed by atoms with Crippen LogP contribution in [0.15, 0.2) is 48.5 Å². The molecule has 180 valence electrons. The molecule has 0 unspecified atom stereocenters. The standard InChI is InChI=1S/C27H38N2O4/c1-6-20(4)28-27(31)21(5)29(19-23-12-10-9-11-13-23)26(30)17-15-22-14-16-24(32-7-2)25(18-22)33-8-3/h9-14,16,18,20-21H,6-8,15,17,19H2,1-5H3,(H,28,31)/t20-,21+/m1/s1. The first-order valence-corrected chi connectivity index (χ1v) is 11.9. The fraction of sp³-hybridized carbons (Fsp3) is 0.481. The number of nitrogens with zero attached hydrogens (tertiary/aromatic N) is 1. The number of hydrogen-bond donors (Lipinski definition) is 1. The van der Waals surface area contributed by atoms with Crippen molar-refractivity contribution >= 4 is 11.8 Å². The Labute approximate surface area is 198 Å². The van der Waals surface area contributed by atoms with Crippen LogP contribution in [0.1, 0.15) is 58.6 Å². The largest absolute Gasteiger partial charge is 0.490 e. The van der Waals surface area contributed by atoms with E-state index in [1.807, 2.05) is 76.2 Å². The summed E-state index contributed by atoms with van der Waals surface area (Å²) in [6.45, 7) is 11.1. The second-order valence-electron chi connectivity index (χ2n) is 8.15. The zero-order valence-electron chi connectivity index (χ0n) is 20.6. The van der Waals surface area contributed by atoms with Crippen molar-refractivity contribution in [3.63, 3.8) is 0 Å². The fourth-order valence-corrected chi connectivity index (χ4v) is 3.47. The van der Waals surface area contributed by atoms with Crippen molar-refractivity contribution in [3.8, 4) is 11.5 Å². The van der Waals surface area contributed by atoms with Gasteiger partial charge in [0.05, 0.1) is 13.2 Å². The molecule has 2 aromatic rings. The number of rotatable bonds is 13. The maximum Gasteiger partial charge on any atom is 0.242 e. The van der Waals surface area contributed by atoms with E-state index in [1.165, 1.54) is 0 Å². The van der Waals surface area contributed by atoms with E-state index in [9.17, 15) is 9.59 Å². The molecule has 2 rings (SSSR count). The fourth-order valence-electron chi connectivity index (χ4n) is 3.47. The molecule has 2 aromatic carbocycles. The Kier molecular flexibility index (Phi) is 10.7. The smallest absolute Gasteiger partial charge is 0.242 e. The van der Waals surface area contributed by atoms with Crippen LogP contribution < -0.4 is 14.8 Å².